The lowest BCUT2D eigenvalue weighted by Gasteiger charge is -2.16. The molecule has 0 aliphatic carbocycles. The van der Waals surface area contributed by atoms with Gasteiger partial charge in [0, 0.05) is 11.6 Å². The SMILES string of the molecule is N=C(CP(=O)(O)O)C1CCNC1C(=O)O. The number of rotatable bonds is 4. The van der Waals surface area contributed by atoms with Crippen LogP contribution in [0.1, 0.15) is 6.42 Å². The molecule has 86 valence electrons. The summed E-state index contributed by atoms with van der Waals surface area (Å²) in [5.74, 6) is -1.71. The zero-order valence-corrected chi connectivity index (χ0v) is 8.78. The van der Waals surface area contributed by atoms with Gasteiger partial charge >= 0.3 is 13.6 Å². The van der Waals surface area contributed by atoms with Crippen LogP contribution in [0.3, 0.4) is 0 Å². The van der Waals surface area contributed by atoms with Crippen molar-refractivity contribution in [1.29, 1.82) is 5.41 Å². The van der Waals surface area contributed by atoms with E-state index in [1.165, 1.54) is 0 Å². The Morgan fingerprint density at radius 3 is 2.60 bits per heavy atom. The van der Waals surface area contributed by atoms with Gasteiger partial charge in [-0.2, -0.15) is 0 Å². The van der Waals surface area contributed by atoms with Gasteiger partial charge in [-0.15, -0.1) is 0 Å². The Kier molecular flexibility index (Phi) is 3.62. The molecule has 1 aliphatic heterocycles. The van der Waals surface area contributed by atoms with Gasteiger partial charge in [0.25, 0.3) is 0 Å². The van der Waals surface area contributed by atoms with Gasteiger partial charge in [0.15, 0.2) is 0 Å². The first-order valence-corrected chi connectivity index (χ1v) is 6.19. The van der Waals surface area contributed by atoms with E-state index in [1.54, 1.807) is 0 Å². The fraction of sp³-hybridized carbons (Fsp3) is 0.714. The third-order valence-corrected chi connectivity index (χ3v) is 3.06. The van der Waals surface area contributed by atoms with Crippen LogP contribution < -0.4 is 5.32 Å². The molecule has 15 heavy (non-hydrogen) atoms. The minimum absolute atomic E-state index is 0.194. The van der Waals surface area contributed by atoms with Crippen molar-refractivity contribution in [3.63, 3.8) is 0 Å². The van der Waals surface area contributed by atoms with Crippen LogP contribution in [-0.4, -0.2) is 45.3 Å². The lowest BCUT2D eigenvalue weighted by atomic mass is 9.96. The molecule has 0 radical (unpaired) electrons. The van der Waals surface area contributed by atoms with Crippen molar-refractivity contribution in [2.24, 2.45) is 5.92 Å². The second kappa shape index (κ2) is 4.40. The van der Waals surface area contributed by atoms with E-state index in [0.717, 1.165) is 0 Å². The molecule has 0 bridgehead atoms. The predicted molar refractivity (Wildman–Crippen MR) is 52.2 cm³/mol. The number of aliphatic carboxylic acids is 1. The number of carboxylic acid groups (broad SMARTS) is 1. The van der Waals surface area contributed by atoms with Gasteiger partial charge in [-0.05, 0) is 13.0 Å². The van der Waals surface area contributed by atoms with E-state index >= 15 is 0 Å². The monoisotopic (exact) mass is 236 g/mol. The normalized spacial score (nSPS) is 26.5. The van der Waals surface area contributed by atoms with Crippen LogP contribution >= 0.6 is 7.60 Å². The molecule has 2 atom stereocenters. The minimum Gasteiger partial charge on any atom is -0.480 e. The molecule has 1 saturated heterocycles. The molecule has 0 aromatic heterocycles. The molecule has 8 heteroatoms. The number of hydrogen-bond acceptors (Lipinski definition) is 4. The maximum atomic E-state index is 10.7. The summed E-state index contributed by atoms with van der Waals surface area (Å²) in [5.41, 5.74) is -0.194. The van der Waals surface area contributed by atoms with Crippen molar-refractivity contribution in [2.45, 2.75) is 12.5 Å². The van der Waals surface area contributed by atoms with Gasteiger partial charge in [-0.3, -0.25) is 9.36 Å². The van der Waals surface area contributed by atoms with Crippen molar-refractivity contribution < 1.29 is 24.3 Å². The second-order valence-corrected chi connectivity index (χ2v) is 5.16. The molecule has 5 N–H and O–H groups in total. The zero-order valence-electron chi connectivity index (χ0n) is 7.88. The summed E-state index contributed by atoms with van der Waals surface area (Å²) in [4.78, 5) is 28.1. The first-order chi connectivity index (χ1) is 6.81. The third-order valence-electron chi connectivity index (χ3n) is 2.31. The summed E-state index contributed by atoms with van der Waals surface area (Å²) < 4.78 is 10.7. The first kappa shape index (κ1) is 12.3. The minimum atomic E-state index is -4.28. The molecule has 1 fully saturated rings. The molecule has 0 aromatic rings. The van der Waals surface area contributed by atoms with Gasteiger partial charge in [0.05, 0.1) is 6.16 Å². The van der Waals surface area contributed by atoms with Gasteiger partial charge < -0.3 is 25.6 Å². The number of hydrogen-bond donors (Lipinski definition) is 5. The highest BCUT2D eigenvalue weighted by Gasteiger charge is 2.37. The van der Waals surface area contributed by atoms with Crippen molar-refractivity contribution in [3.8, 4) is 0 Å². The van der Waals surface area contributed by atoms with E-state index in [2.05, 4.69) is 5.32 Å². The zero-order chi connectivity index (χ0) is 11.6. The van der Waals surface area contributed by atoms with Crippen molar-refractivity contribution in [3.05, 3.63) is 0 Å². The third kappa shape index (κ3) is 3.39. The second-order valence-electron chi connectivity index (χ2n) is 3.51. The van der Waals surface area contributed by atoms with E-state index < -0.39 is 31.7 Å². The summed E-state index contributed by atoms with van der Waals surface area (Å²) in [6.07, 6.45) is -0.237. The van der Waals surface area contributed by atoms with Crippen LogP contribution in [0.25, 0.3) is 0 Å². The highest BCUT2D eigenvalue weighted by Crippen LogP contribution is 2.36. The fourth-order valence-corrected chi connectivity index (χ4v) is 2.36. The Balaban J connectivity index is 2.67. The fourth-order valence-electron chi connectivity index (χ4n) is 1.68. The Morgan fingerprint density at radius 2 is 2.13 bits per heavy atom. The summed E-state index contributed by atoms with van der Waals surface area (Å²) in [5, 5.41) is 18.9. The molecule has 1 aliphatic rings. The molecular weight excluding hydrogens is 223 g/mol. The Bertz CT molecular complexity index is 325. The first-order valence-electron chi connectivity index (χ1n) is 4.39. The van der Waals surface area contributed by atoms with Gasteiger partial charge in [0.1, 0.15) is 6.04 Å². The molecule has 2 unspecified atom stereocenters. The quantitative estimate of drug-likeness (QED) is 0.322. The average Bonchev–Trinajstić information content (AvgIpc) is 2.47. The summed E-state index contributed by atoms with van der Waals surface area (Å²) >= 11 is 0. The number of carboxylic acids is 1. The van der Waals surface area contributed by atoms with Crippen LogP contribution in [0.15, 0.2) is 0 Å². The highest BCUT2D eigenvalue weighted by atomic mass is 31.2. The van der Waals surface area contributed by atoms with Crippen molar-refractivity contribution in [1.82, 2.24) is 5.32 Å². The van der Waals surface area contributed by atoms with Crippen molar-refractivity contribution >= 4 is 19.3 Å². The van der Waals surface area contributed by atoms with E-state index in [4.69, 9.17) is 20.3 Å². The lowest BCUT2D eigenvalue weighted by Crippen LogP contribution is -2.39. The molecule has 0 spiro atoms. The number of nitrogens with one attached hydrogen (secondary N) is 2. The van der Waals surface area contributed by atoms with Crippen LogP contribution in [0.4, 0.5) is 0 Å². The van der Waals surface area contributed by atoms with Crippen molar-refractivity contribution in [2.75, 3.05) is 12.7 Å². The van der Waals surface area contributed by atoms with Crippen LogP contribution in [0.2, 0.25) is 0 Å². The summed E-state index contributed by atoms with van der Waals surface area (Å²) in [6, 6.07) is -0.899. The Labute approximate surface area is 86.2 Å². The molecule has 0 amide bonds. The van der Waals surface area contributed by atoms with Crippen LogP contribution in [0.5, 0.6) is 0 Å². The molecule has 0 saturated carbocycles. The predicted octanol–water partition coefficient (Wildman–Crippen LogP) is -0.753. The molecule has 1 heterocycles. The highest BCUT2D eigenvalue weighted by molar-refractivity contribution is 7.52. The maximum Gasteiger partial charge on any atom is 0.331 e. The van der Waals surface area contributed by atoms with Crippen LogP contribution in [-0.2, 0) is 9.36 Å². The molecule has 0 aromatic carbocycles. The molecule has 1 rings (SSSR count). The summed E-state index contributed by atoms with van der Waals surface area (Å²) in [6.45, 7) is 0.450. The van der Waals surface area contributed by atoms with E-state index in [0.29, 0.717) is 13.0 Å². The van der Waals surface area contributed by atoms with Gasteiger partial charge in [-0.25, -0.2) is 0 Å². The van der Waals surface area contributed by atoms with E-state index in [-0.39, 0.29) is 5.71 Å². The Hall–Kier alpha value is -0.750. The topological polar surface area (TPSA) is 131 Å². The smallest absolute Gasteiger partial charge is 0.331 e. The largest absolute Gasteiger partial charge is 0.480 e. The summed E-state index contributed by atoms with van der Waals surface area (Å²) in [7, 11) is -4.28. The van der Waals surface area contributed by atoms with Gasteiger partial charge in [-0.1, -0.05) is 0 Å². The standard InChI is InChI=1S/C7H13N2O5P/c8-5(3-15(12,13)14)4-1-2-9-6(4)7(10)11/h4,6,8-9H,1-3H2,(H,10,11)(H2,12,13,14). The molecule has 7 nitrogen and oxygen atoms in total. The van der Waals surface area contributed by atoms with E-state index in [1.807, 2.05) is 0 Å². The van der Waals surface area contributed by atoms with Crippen LogP contribution in [0, 0.1) is 11.3 Å². The Morgan fingerprint density at radius 1 is 1.53 bits per heavy atom. The molecular formula is C7H13N2O5P. The average molecular weight is 236 g/mol. The van der Waals surface area contributed by atoms with E-state index in [9.17, 15) is 9.36 Å². The lowest BCUT2D eigenvalue weighted by molar-refractivity contribution is -0.139. The number of carbonyl (C=O) groups is 1. The maximum absolute atomic E-state index is 10.7. The van der Waals surface area contributed by atoms with Gasteiger partial charge in [0.2, 0.25) is 0 Å².